The van der Waals surface area contributed by atoms with Gasteiger partial charge >= 0.3 is 99.2 Å². The van der Waals surface area contributed by atoms with Crippen molar-refractivity contribution in [1.29, 1.82) is 0 Å². The van der Waals surface area contributed by atoms with E-state index in [0.29, 0.717) is 11.3 Å². The Morgan fingerprint density at radius 1 is 0.603 bits per heavy atom. The van der Waals surface area contributed by atoms with Gasteiger partial charge in [-0.15, -0.1) is 16.7 Å². The number of fused-ring (bicyclic) bond motifs is 3. The van der Waals surface area contributed by atoms with E-state index >= 15 is 0 Å². The summed E-state index contributed by atoms with van der Waals surface area (Å²) in [6.07, 6.45) is 12.9. The molecule has 0 spiro atoms. The Morgan fingerprint density at radius 3 is 1.48 bits per heavy atom. The van der Waals surface area contributed by atoms with E-state index in [1.54, 1.807) is 0 Å². The van der Waals surface area contributed by atoms with Crippen LogP contribution < -0.4 is 24.8 Å². The Labute approximate surface area is 383 Å². The van der Waals surface area contributed by atoms with Gasteiger partial charge in [0.05, 0.1) is 0 Å². The van der Waals surface area contributed by atoms with Crippen LogP contribution in [0.3, 0.4) is 0 Å². The van der Waals surface area contributed by atoms with Crippen LogP contribution in [0.4, 0.5) is 0 Å². The van der Waals surface area contributed by atoms with E-state index in [4.69, 9.17) is 0 Å². The Hall–Kier alpha value is -2.31. The van der Waals surface area contributed by atoms with Gasteiger partial charge in [-0.1, -0.05) is 164 Å². The summed E-state index contributed by atoms with van der Waals surface area (Å²) in [5.74, 6) is 0.592. The van der Waals surface area contributed by atoms with Gasteiger partial charge in [-0.25, -0.2) is 6.08 Å². The molecule has 0 amide bonds. The molecule has 1 atom stereocenters. The van der Waals surface area contributed by atoms with Crippen molar-refractivity contribution in [2.75, 3.05) is 0 Å². The zero-order valence-corrected chi connectivity index (χ0v) is 42.8. The van der Waals surface area contributed by atoms with Crippen molar-refractivity contribution in [1.82, 2.24) is 0 Å². The van der Waals surface area contributed by atoms with Crippen LogP contribution in [0.15, 0.2) is 96.6 Å². The molecule has 0 N–H and O–H groups in total. The molecule has 0 heterocycles. The monoisotopic (exact) mass is 892 g/mol. The first-order chi connectivity index (χ1) is 25.8. The maximum absolute atomic E-state index is 3.90. The number of unbranched alkanes of at least 4 members (excludes halogenated alkanes) is 1. The molecule has 4 aromatic carbocycles. The summed E-state index contributed by atoms with van der Waals surface area (Å²) in [6, 6.07) is 32.5. The molecule has 0 fully saturated rings. The van der Waals surface area contributed by atoms with Gasteiger partial charge in [0.1, 0.15) is 0 Å². The molecule has 0 saturated heterocycles. The number of allylic oxidation sites excluding steroid dienone is 4. The molecule has 0 radical (unpaired) electrons. The Morgan fingerprint density at radius 2 is 1.07 bits per heavy atom. The molecule has 0 saturated carbocycles. The molecular formula is C55H72Cl2Zr-2. The first-order valence-electron chi connectivity index (χ1n) is 21.1. The molecule has 312 valence electrons. The minimum atomic E-state index is 0. The van der Waals surface area contributed by atoms with E-state index in [0.717, 1.165) is 6.42 Å². The number of halogens is 2. The van der Waals surface area contributed by atoms with Crippen LogP contribution >= 0.6 is 0 Å². The van der Waals surface area contributed by atoms with Gasteiger partial charge < -0.3 is 24.8 Å². The average molecular weight is 895 g/mol. The van der Waals surface area contributed by atoms with Gasteiger partial charge in [-0.05, 0) is 39.4 Å². The molecule has 58 heavy (non-hydrogen) atoms. The van der Waals surface area contributed by atoms with Crippen LogP contribution in [-0.2, 0) is 52.3 Å². The first-order valence-corrected chi connectivity index (χ1v) is 22.3. The summed E-state index contributed by atoms with van der Waals surface area (Å²) < 4.78 is 1.42. The van der Waals surface area contributed by atoms with Crippen molar-refractivity contribution in [2.45, 2.75) is 158 Å². The fraction of sp³-hybridized carbons (Fsp3) is 0.473. The topological polar surface area (TPSA) is 0 Å². The second kappa shape index (κ2) is 20.5. The van der Waals surface area contributed by atoms with Gasteiger partial charge in [0.2, 0.25) is 0 Å². The summed E-state index contributed by atoms with van der Waals surface area (Å²) in [7, 11) is 0. The molecule has 2 aliphatic carbocycles. The molecule has 0 bridgehead atoms. The van der Waals surface area contributed by atoms with Crippen molar-refractivity contribution in [2.24, 2.45) is 11.3 Å². The molecular weight excluding hydrogens is 823 g/mol. The molecule has 0 aliphatic heterocycles. The minimum absolute atomic E-state index is 0. The van der Waals surface area contributed by atoms with E-state index in [1.807, 2.05) is 0 Å². The summed E-state index contributed by atoms with van der Waals surface area (Å²) >= 11 is 1.46. The van der Waals surface area contributed by atoms with Crippen molar-refractivity contribution in [3.05, 3.63) is 153 Å². The van der Waals surface area contributed by atoms with Gasteiger partial charge in [-0.3, -0.25) is 6.08 Å². The molecule has 6 rings (SSSR count). The Balaban J connectivity index is 0.000000334. The van der Waals surface area contributed by atoms with Crippen LogP contribution in [0.25, 0.3) is 11.1 Å². The normalized spacial score (nSPS) is 14.7. The van der Waals surface area contributed by atoms with E-state index in [-0.39, 0.29) is 46.5 Å². The summed E-state index contributed by atoms with van der Waals surface area (Å²) in [4.78, 5) is 0. The zero-order valence-electron chi connectivity index (χ0n) is 38.8. The second-order valence-electron chi connectivity index (χ2n) is 21.2. The second-order valence-corrected chi connectivity index (χ2v) is 22.4. The van der Waals surface area contributed by atoms with Crippen molar-refractivity contribution in [3.63, 3.8) is 0 Å². The van der Waals surface area contributed by atoms with Gasteiger partial charge in [0, 0.05) is 0 Å². The summed E-state index contributed by atoms with van der Waals surface area (Å²) in [5.41, 5.74) is 16.4. The predicted octanol–water partition coefficient (Wildman–Crippen LogP) is 9.20. The van der Waals surface area contributed by atoms with E-state index in [9.17, 15) is 0 Å². The fourth-order valence-corrected chi connectivity index (χ4v) is 8.39. The number of hydrogen-bond donors (Lipinski definition) is 0. The van der Waals surface area contributed by atoms with Crippen LogP contribution in [0.5, 0.6) is 0 Å². The molecule has 0 aromatic heterocycles. The van der Waals surface area contributed by atoms with E-state index in [2.05, 4.69) is 214 Å². The third-order valence-electron chi connectivity index (χ3n) is 10.9. The van der Waals surface area contributed by atoms with Crippen LogP contribution in [-0.4, -0.2) is 3.21 Å². The van der Waals surface area contributed by atoms with Crippen LogP contribution in [0.1, 0.15) is 175 Å². The van der Waals surface area contributed by atoms with Gasteiger partial charge in [0.25, 0.3) is 0 Å². The van der Waals surface area contributed by atoms with Gasteiger partial charge in [0.15, 0.2) is 0 Å². The summed E-state index contributed by atoms with van der Waals surface area (Å²) in [6.45, 7) is 37.0. The molecule has 3 heteroatoms. The number of rotatable bonds is 5. The van der Waals surface area contributed by atoms with Crippen molar-refractivity contribution in [3.8, 4) is 11.1 Å². The molecule has 4 aromatic rings. The van der Waals surface area contributed by atoms with E-state index < -0.39 is 0 Å². The third kappa shape index (κ3) is 13.6. The quantitative estimate of drug-likeness (QED) is 0.155. The fourth-order valence-electron chi connectivity index (χ4n) is 7.57. The SMILES string of the molecule is CC(C)(C)c1[c-]c2c(cc1C(C)(C)C)-c1cc(C(C)(C)C)c(C(C)(C)C)cc1C2.CCCCC1[C-]=CC(C(C)(C)C)=C1.[Cl-].[Cl-].[Zr+2]=[C](c1ccccc1)c1ccccc1. The average Bonchev–Trinajstić information content (AvgIpc) is 3.74. The molecule has 1 unspecified atom stereocenters. The molecule has 2 aliphatic rings. The maximum atomic E-state index is 3.90. The summed E-state index contributed by atoms with van der Waals surface area (Å²) in [5, 5.41) is 0. The molecule has 0 nitrogen and oxygen atoms in total. The van der Waals surface area contributed by atoms with Crippen molar-refractivity contribution >= 4 is 3.21 Å². The predicted molar refractivity (Wildman–Crippen MR) is 243 cm³/mol. The Kier molecular flexibility index (Phi) is 18.3. The van der Waals surface area contributed by atoms with Crippen molar-refractivity contribution < 1.29 is 49.0 Å². The van der Waals surface area contributed by atoms with Crippen LogP contribution in [0.2, 0.25) is 0 Å². The number of benzene rings is 4. The zero-order chi connectivity index (χ0) is 41.9. The number of hydrogen-bond acceptors (Lipinski definition) is 0. The third-order valence-corrected chi connectivity index (χ3v) is 12.3. The van der Waals surface area contributed by atoms with E-state index in [1.165, 1.54) is 108 Å². The Bertz CT molecular complexity index is 1890. The van der Waals surface area contributed by atoms with Gasteiger partial charge in [-0.2, -0.15) is 29.3 Å². The standard InChI is InChI=1S/C29H41.C13H10.C13H21.2ClH.Zr/c1-26(2,3)22-14-18-13-19-15-23(27(4,5)6)25(29(10,11)12)17-21(19)20(18)16-24(22)28(7,8)9;1-3-7-12(8-4-1)11-13-9-5-2-6-10-13;1-5-6-7-11-8-9-12(10-11)13(2,3)4;;;/h14,16-17H,13H2,1-12H3;1-10H;9-11H,5-7H2,1-4H3;2*1H;/q-1;;-1;;;+2/p-2. The van der Waals surface area contributed by atoms with Crippen LogP contribution in [0, 0.1) is 23.5 Å². The first kappa shape index (κ1) is 51.8.